The summed E-state index contributed by atoms with van der Waals surface area (Å²) in [5.41, 5.74) is 2.66. The van der Waals surface area contributed by atoms with E-state index in [0.717, 1.165) is 5.65 Å². The zero-order valence-electron chi connectivity index (χ0n) is 13.8. The third kappa shape index (κ3) is 2.89. The van der Waals surface area contributed by atoms with Gasteiger partial charge in [0.15, 0.2) is 0 Å². The monoisotopic (exact) mass is 331 g/mol. The van der Waals surface area contributed by atoms with Gasteiger partial charge in [-0.3, -0.25) is 4.79 Å². The van der Waals surface area contributed by atoms with Crippen LogP contribution in [0, 0.1) is 6.92 Å². The molecule has 0 saturated carbocycles. The first-order valence-electron chi connectivity index (χ1n) is 7.46. The lowest BCUT2D eigenvalue weighted by Crippen LogP contribution is -2.34. The fourth-order valence-electron chi connectivity index (χ4n) is 2.73. The van der Waals surface area contributed by atoms with Gasteiger partial charge in [-0.1, -0.05) is 0 Å². The maximum atomic E-state index is 12.6. The van der Waals surface area contributed by atoms with Crippen molar-refractivity contribution < 1.29 is 4.79 Å². The molecule has 0 bridgehead atoms. The van der Waals surface area contributed by atoms with Crippen LogP contribution in [0.4, 0.5) is 0 Å². The lowest BCUT2D eigenvalue weighted by molar-refractivity contribution is 0.0943. The number of amides is 1. The smallest absolute Gasteiger partial charge is 0.256 e. The molecule has 6 nitrogen and oxygen atoms in total. The molecule has 3 rings (SSSR count). The fraction of sp³-hybridized carbons (Fsp3) is 0.375. The van der Waals surface area contributed by atoms with E-state index in [1.54, 1.807) is 22.0 Å². The first-order chi connectivity index (χ1) is 11.0. The van der Waals surface area contributed by atoms with Crippen molar-refractivity contribution in [3.05, 3.63) is 46.0 Å². The number of aromatic nitrogens is 3. The van der Waals surface area contributed by atoms with E-state index < -0.39 is 0 Å². The second kappa shape index (κ2) is 6.17. The first-order valence-corrected chi connectivity index (χ1v) is 8.34. The van der Waals surface area contributed by atoms with Gasteiger partial charge in [0.05, 0.1) is 12.2 Å². The number of carbonyl (C=O) groups excluding carboxylic acids is 1. The lowest BCUT2D eigenvalue weighted by Gasteiger charge is -2.24. The van der Waals surface area contributed by atoms with Crippen LogP contribution in [0.15, 0.2) is 30.0 Å². The minimum absolute atomic E-state index is 0.0946. The van der Waals surface area contributed by atoms with Crippen molar-refractivity contribution in [2.75, 3.05) is 20.6 Å². The molecule has 1 N–H and O–H groups in total. The molecular weight excluding hydrogens is 310 g/mol. The highest BCUT2D eigenvalue weighted by Crippen LogP contribution is 2.26. The standard InChI is InChI=1S/C16H21N5OS/c1-11-5-8-23-14(11)13(19(2)3)10-17-15(22)12-9-18-21-7-6-20(4)16(12)21/h5-9,13H,10H2,1-4H3,(H,17,22)/t13-/m1/s1. The van der Waals surface area contributed by atoms with Gasteiger partial charge in [0.1, 0.15) is 11.2 Å². The van der Waals surface area contributed by atoms with Crippen LogP contribution in [0.1, 0.15) is 26.8 Å². The Morgan fingerprint density at radius 3 is 2.87 bits per heavy atom. The molecule has 0 saturated heterocycles. The zero-order valence-corrected chi connectivity index (χ0v) is 14.6. The Morgan fingerprint density at radius 1 is 1.43 bits per heavy atom. The number of fused-ring (bicyclic) bond motifs is 1. The zero-order chi connectivity index (χ0) is 16.6. The molecule has 0 unspecified atom stereocenters. The number of nitrogens with one attached hydrogen (secondary N) is 1. The number of likely N-dealkylation sites (N-methyl/N-ethyl adjacent to an activating group) is 1. The Balaban J connectivity index is 1.77. The Bertz CT molecular complexity index is 829. The van der Waals surface area contributed by atoms with Gasteiger partial charge in [-0.15, -0.1) is 11.3 Å². The predicted molar refractivity (Wildman–Crippen MR) is 92.0 cm³/mol. The van der Waals surface area contributed by atoms with Gasteiger partial charge in [-0.05, 0) is 38.0 Å². The molecule has 0 spiro atoms. The van der Waals surface area contributed by atoms with Gasteiger partial charge in [0.25, 0.3) is 5.91 Å². The number of carbonyl (C=O) groups is 1. The quantitative estimate of drug-likeness (QED) is 0.779. The van der Waals surface area contributed by atoms with Crippen LogP contribution < -0.4 is 5.32 Å². The summed E-state index contributed by atoms with van der Waals surface area (Å²) >= 11 is 1.73. The number of nitrogens with zero attached hydrogens (tertiary/aromatic N) is 4. The second-order valence-corrected chi connectivity index (χ2v) is 6.84. The fourth-order valence-corrected chi connectivity index (χ4v) is 3.85. The molecule has 3 heterocycles. The predicted octanol–water partition coefficient (Wildman–Crippen LogP) is 2.08. The number of hydrogen-bond acceptors (Lipinski definition) is 4. The SMILES string of the molecule is Cc1ccsc1[C@@H](CNC(=O)c1cnn2ccn(C)c12)N(C)C. The molecule has 122 valence electrons. The first kappa shape index (κ1) is 15.8. The molecule has 3 aromatic heterocycles. The number of thiophene rings is 1. The van der Waals surface area contributed by atoms with Crippen LogP contribution in [0.2, 0.25) is 0 Å². The largest absolute Gasteiger partial charge is 0.350 e. The molecule has 3 aromatic rings. The van der Waals surface area contributed by atoms with Crippen molar-refractivity contribution in [1.29, 1.82) is 0 Å². The van der Waals surface area contributed by atoms with Crippen molar-refractivity contribution >= 4 is 22.9 Å². The number of aryl methyl sites for hydroxylation is 2. The van der Waals surface area contributed by atoms with E-state index in [9.17, 15) is 4.79 Å². The van der Waals surface area contributed by atoms with Gasteiger partial charge in [0, 0.05) is 30.9 Å². The Kier molecular flexibility index (Phi) is 4.23. The van der Waals surface area contributed by atoms with E-state index in [1.165, 1.54) is 10.4 Å². The molecule has 7 heteroatoms. The van der Waals surface area contributed by atoms with Crippen LogP contribution in [0.3, 0.4) is 0 Å². The topological polar surface area (TPSA) is 54.6 Å². The van der Waals surface area contributed by atoms with E-state index in [1.807, 2.05) is 38.1 Å². The highest BCUT2D eigenvalue weighted by atomic mass is 32.1. The number of imidazole rings is 1. The summed E-state index contributed by atoms with van der Waals surface area (Å²) < 4.78 is 3.61. The van der Waals surface area contributed by atoms with Crippen molar-refractivity contribution in [2.45, 2.75) is 13.0 Å². The maximum absolute atomic E-state index is 12.6. The minimum Gasteiger partial charge on any atom is -0.350 e. The Labute approximate surface area is 139 Å². The van der Waals surface area contributed by atoms with Gasteiger partial charge in [-0.25, -0.2) is 4.52 Å². The van der Waals surface area contributed by atoms with E-state index in [-0.39, 0.29) is 11.9 Å². The second-order valence-electron chi connectivity index (χ2n) is 5.89. The number of rotatable bonds is 5. The summed E-state index contributed by atoms with van der Waals surface area (Å²) in [5.74, 6) is -0.0946. The summed E-state index contributed by atoms with van der Waals surface area (Å²) in [6.07, 6.45) is 5.34. The van der Waals surface area contributed by atoms with Crippen molar-refractivity contribution in [3.63, 3.8) is 0 Å². The van der Waals surface area contributed by atoms with Crippen LogP contribution >= 0.6 is 11.3 Å². The normalized spacial score (nSPS) is 12.9. The van der Waals surface area contributed by atoms with Gasteiger partial charge in [-0.2, -0.15) is 5.10 Å². The van der Waals surface area contributed by atoms with Crippen molar-refractivity contribution in [3.8, 4) is 0 Å². The molecule has 0 aromatic carbocycles. The molecule has 0 aliphatic carbocycles. The third-order valence-electron chi connectivity index (χ3n) is 4.06. The van der Waals surface area contributed by atoms with Gasteiger partial charge >= 0.3 is 0 Å². The van der Waals surface area contributed by atoms with Crippen molar-refractivity contribution in [1.82, 2.24) is 24.4 Å². The Hall–Kier alpha value is -2.12. The molecule has 0 fully saturated rings. The average molecular weight is 331 g/mol. The van der Waals surface area contributed by atoms with Gasteiger partial charge in [0.2, 0.25) is 0 Å². The summed E-state index contributed by atoms with van der Waals surface area (Å²) in [6.45, 7) is 2.67. The molecule has 0 aliphatic rings. The summed E-state index contributed by atoms with van der Waals surface area (Å²) in [6, 6.07) is 2.28. The van der Waals surface area contributed by atoms with E-state index in [4.69, 9.17) is 0 Å². The van der Waals surface area contributed by atoms with Gasteiger partial charge < -0.3 is 14.8 Å². The van der Waals surface area contributed by atoms with E-state index in [0.29, 0.717) is 12.1 Å². The third-order valence-corrected chi connectivity index (χ3v) is 5.18. The van der Waals surface area contributed by atoms with Crippen LogP contribution in [-0.2, 0) is 7.05 Å². The van der Waals surface area contributed by atoms with E-state index in [2.05, 4.69) is 33.7 Å². The summed E-state index contributed by atoms with van der Waals surface area (Å²) in [4.78, 5) is 16.0. The highest BCUT2D eigenvalue weighted by molar-refractivity contribution is 7.10. The van der Waals surface area contributed by atoms with Crippen LogP contribution in [0.5, 0.6) is 0 Å². The summed E-state index contributed by atoms with van der Waals surface area (Å²) in [7, 11) is 5.97. The molecule has 23 heavy (non-hydrogen) atoms. The average Bonchev–Trinajstić information content (AvgIpc) is 3.18. The summed E-state index contributed by atoms with van der Waals surface area (Å²) in [5, 5.41) is 9.36. The molecule has 1 atom stereocenters. The Morgan fingerprint density at radius 2 is 2.22 bits per heavy atom. The molecule has 0 radical (unpaired) electrons. The van der Waals surface area contributed by atoms with Crippen LogP contribution in [0.25, 0.3) is 5.65 Å². The highest BCUT2D eigenvalue weighted by Gasteiger charge is 2.20. The molecule has 0 aliphatic heterocycles. The molecule has 1 amide bonds. The van der Waals surface area contributed by atoms with E-state index >= 15 is 0 Å². The molecular formula is C16H21N5OS. The maximum Gasteiger partial charge on any atom is 0.256 e. The van der Waals surface area contributed by atoms with Crippen LogP contribution in [-0.4, -0.2) is 45.6 Å². The number of hydrogen-bond donors (Lipinski definition) is 1. The van der Waals surface area contributed by atoms with Crippen molar-refractivity contribution in [2.24, 2.45) is 7.05 Å². The minimum atomic E-state index is -0.0946. The lowest BCUT2D eigenvalue weighted by atomic mass is 10.1.